The topological polar surface area (TPSA) is 102 Å². The van der Waals surface area contributed by atoms with Gasteiger partial charge in [0.1, 0.15) is 12.4 Å². The zero-order valence-corrected chi connectivity index (χ0v) is 16.9. The summed E-state index contributed by atoms with van der Waals surface area (Å²) >= 11 is 0. The van der Waals surface area contributed by atoms with Crippen LogP contribution in [0.25, 0.3) is 0 Å². The summed E-state index contributed by atoms with van der Waals surface area (Å²) in [6, 6.07) is 10.9. The molecule has 29 heavy (non-hydrogen) atoms. The highest BCUT2D eigenvalue weighted by molar-refractivity contribution is 5.88. The summed E-state index contributed by atoms with van der Waals surface area (Å²) in [6.07, 6.45) is -0.614. The molecule has 0 saturated heterocycles. The Morgan fingerprint density at radius 2 is 2.00 bits per heavy atom. The fourth-order valence-electron chi connectivity index (χ4n) is 3.75. The summed E-state index contributed by atoms with van der Waals surface area (Å²) in [5, 5.41) is 31.1. The van der Waals surface area contributed by atoms with E-state index in [4.69, 9.17) is 9.84 Å². The lowest BCUT2D eigenvalue weighted by Crippen LogP contribution is -2.34. The molecule has 1 aliphatic rings. The van der Waals surface area contributed by atoms with Crippen LogP contribution in [-0.2, 0) is 0 Å². The Morgan fingerprint density at radius 1 is 1.24 bits per heavy atom. The predicted molar refractivity (Wildman–Crippen MR) is 112 cm³/mol. The van der Waals surface area contributed by atoms with E-state index in [-0.39, 0.29) is 16.9 Å². The maximum atomic E-state index is 11.2. The highest BCUT2D eigenvalue weighted by atomic mass is 16.5. The van der Waals surface area contributed by atoms with E-state index in [0.717, 1.165) is 12.1 Å². The molecule has 1 aliphatic heterocycles. The number of rotatable bonds is 7. The number of nitrogens with zero attached hydrogens (tertiary/aromatic N) is 1. The van der Waals surface area contributed by atoms with Gasteiger partial charge in [-0.2, -0.15) is 0 Å². The molecular weight excluding hydrogens is 372 g/mol. The SMILES string of the molecule is CC1CC(C)N(C)c2cc(NCCOc3cc(C(=O)O)cc(C(O)O)c3)ccc21. The lowest BCUT2D eigenvalue weighted by atomic mass is 9.87. The molecule has 0 aliphatic carbocycles. The Kier molecular flexibility index (Phi) is 6.30. The molecule has 7 nitrogen and oxygen atoms in total. The van der Waals surface area contributed by atoms with E-state index < -0.39 is 12.3 Å². The molecule has 1 heterocycles. The van der Waals surface area contributed by atoms with Crippen molar-refractivity contribution in [2.45, 2.75) is 38.5 Å². The number of anilines is 2. The van der Waals surface area contributed by atoms with Gasteiger partial charge in [-0.1, -0.05) is 13.0 Å². The van der Waals surface area contributed by atoms with Crippen LogP contribution < -0.4 is 15.0 Å². The molecule has 7 heteroatoms. The van der Waals surface area contributed by atoms with E-state index in [0.29, 0.717) is 25.1 Å². The highest BCUT2D eigenvalue weighted by Crippen LogP contribution is 2.38. The monoisotopic (exact) mass is 400 g/mol. The van der Waals surface area contributed by atoms with Crippen LogP contribution in [0.3, 0.4) is 0 Å². The number of aromatic carboxylic acids is 1. The number of carbonyl (C=O) groups is 1. The van der Waals surface area contributed by atoms with Gasteiger partial charge in [-0.05, 0) is 55.2 Å². The Bertz CT molecular complexity index is 884. The molecule has 0 fully saturated rings. The minimum atomic E-state index is -1.76. The van der Waals surface area contributed by atoms with Gasteiger partial charge < -0.3 is 30.3 Å². The molecule has 0 aromatic heterocycles. The molecule has 2 unspecified atom stereocenters. The molecule has 0 spiro atoms. The van der Waals surface area contributed by atoms with Gasteiger partial charge in [0.05, 0.1) is 5.56 Å². The second-order valence-corrected chi connectivity index (χ2v) is 7.62. The summed E-state index contributed by atoms with van der Waals surface area (Å²) in [5.74, 6) is -0.342. The molecule has 0 amide bonds. The number of aliphatic hydroxyl groups excluding tert-OH is 1. The standard InChI is InChI=1S/C22H28N2O5/c1-13-8-14(2)24(3)20-12-17(4-5-19(13)20)23-6-7-29-18-10-15(21(25)26)9-16(11-18)22(27)28/h4-5,9-14,21,23,25-26H,6-8H2,1-3H3,(H,27,28). The normalized spacial score (nSPS) is 18.5. The minimum absolute atomic E-state index is 0.0560. The number of hydrogen-bond acceptors (Lipinski definition) is 6. The second-order valence-electron chi connectivity index (χ2n) is 7.62. The smallest absolute Gasteiger partial charge is 0.335 e. The Labute approximate surface area is 170 Å². The van der Waals surface area contributed by atoms with E-state index in [1.807, 2.05) is 0 Å². The Balaban J connectivity index is 1.62. The van der Waals surface area contributed by atoms with Crippen molar-refractivity contribution in [3.63, 3.8) is 0 Å². The van der Waals surface area contributed by atoms with E-state index in [1.54, 1.807) is 0 Å². The van der Waals surface area contributed by atoms with Crippen LogP contribution in [-0.4, -0.2) is 47.5 Å². The van der Waals surface area contributed by atoms with Gasteiger partial charge in [-0.15, -0.1) is 0 Å². The second kappa shape index (κ2) is 8.71. The minimum Gasteiger partial charge on any atom is -0.492 e. The van der Waals surface area contributed by atoms with Crippen molar-refractivity contribution < 1.29 is 24.9 Å². The maximum Gasteiger partial charge on any atom is 0.335 e. The first-order valence-electron chi connectivity index (χ1n) is 9.74. The largest absolute Gasteiger partial charge is 0.492 e. The Morgan fingerprint density at radius 3 is 2.69 bits per heavy atom. The summed E-state index contributed by atoms with van der Waals surface area (Å²) in [6.45, 7) is 5.30. The zero-order chi connectivity index (χ0) is 21.1. The van der Waals surface area contributed by atoms with Crippen LogP contribution in [0.4, 0.5) is 11.4 Å². The lowest BCUT2D eigenvalue weighted by Gasteiger charge is -2.37. The molecule has 0 saturated carbocycles. The molecule has 3 rings (SSSR count). The summed E-state index contributed by atoms with van der Waals surface area (Å²) in [4.78, 5) is 13.5. The first kappa shape index (κ1) is 21.0. The van der Waals surface area contributed by atoms with Crippen molar-refractivity contribution in [3.8, 4) is 5.75 Å². The van der Waals surface area contributed by atoms with Crippen LogP contribution in [0.15, 0.2) is 36.4 Å². The van der Waals surface area contributed by atoms with Gasteiger partial charge in [-0.25, -0.2) is 4.79 Å². The van der Waals surface area contributed by atoms with Gasteiger partial charge in [0, 0.05) is 36.6 Å². The van der Waals surface area contributed by atoms with Crippen molar-refractivity contribution >= 4 is 17.3 Å². The molecule has 4 N–H and O–H groups in total. The van der Waals surface area contributed by atoms with E-state index in [9.17, 15) is 15.0 Å². The van der Waals surface area contributed by atoms with Crippen LogP contribution in [0.1, 0.15) is 54.0 Å². The molecule has 156 valence electrons. The third kappa shape index (κ3) is 4.81. The molecular formula is C22H28N2O5. The summed E-state index contributed by atoms with van der Waals surface area (Å²) < 4.78 is 5.62. The van der Waals surface area contributed by atoms with Crippen molar-refractivity contribution in [2.75, 3.05) is 30.4 Å². The van der Waals surface area contributed by atoms with Crippen LogP contribution in [0, 0.1) is 0 Å². The number of fused-ring (bicyclic) bond motifs is 1. The van der Waals surface area contributed by atoms with E-state index >= 15 is 0 Å². The number of hydrogen-bond donors (Lipinski definition) is 4. The first-order chi connectivity index (χ1) is 13.8. The number of aliphatic hydroxyl groups is 2. The molecule has 2 aromatic carbocycles. The van der Waals surface area contributed by atoms with Crippen molar-refractivity contribution in [1.29, 1.82) is 0 Å². The van der Waals surface area contributed by atoms with Crippen molar-refractivity contribution in [3.05, 3.63) is 53.1 Å². The van der Waals surface area contributed by atoms with Crippen molar-refractivity contribution in [1.82, 2.24) is 0 Å². The highest BCUT2D eigenvalue weighted by Gasteiger charge is 2.25. The fraction of sp³-hybridized carbons (Fsp3) is 0.409. The number of ether oxygens (including phenoxy) is 1. The molecule has 2 atom stereocenters. The molecule has 2 aromatic rings. The number of benzene rings is 2. The summed E-state index contributed by atoms with van der Waals surface area (Å²) in [5.41, 5.74) is 3.60. The number of carboxylic acid groups (broad SMARTS) is 1. The Hall–Kier alpha value is -2.77. The fourth-order valence-corrected chi connectivity index (χ4v) is 3.75. The number of nitrogens with one attached hydrogen (secondary N) is 1. The van der Waals surface area contributed by atoms with Gasteiger partial charge in [0.25, 0.3) is 0 Å². The van der Waals surface area contributed by atoms with Gasteiger partial charge in [0.2, 0.25) is 0 Å². The van der Waals surface area contributed by atoms with Gasteiger partial charge >= 0.3 is 5.97 Å². The van der Waals surface area contributed by atoms with Crippen LogP contribution >= 0.6 is 0 Å². The van der Waals surface area contributed by atoms with Crippen LogP contribution in [0.2, 0.25) is 0 Å². The summed E-state index contributed by atoms with van der Waals surface area (Å²) in [7, 11) is 2.12. The van der Waals surface area contributed by atoms with E-state index in [2.05, 4.69) is 49.3 Å². The van der Waals surface area contributed by atoms with E-state index in [1.165, 1.54) is 29.4 Å². The number of carboxylic acids is 1. The van der Waals surface area contributed by atoms with Gasteiger partial charge in [-0.3, -0.25) is 0 Å². The third-order valence-corrected chi connectivity index (χ3v) is 5.47. The van der Waals surface area contributed by atoms with Crippen LogP contribution in [0.5, 0.6) is 5.75 Å². The molecule has 0 radical (unpaired) electrons. The first-order valence-corrected chi connectivity index (χ1v) is 9.74. The average molecular weight is 400 g/mol. The predicted octanol–water partition coefficient (Wildman–Crippen LogP) is 3.19. The average Bonchev–Trinajstić information content (AvgIpc) is 2.69. The van der Waals surface area contributed by atoms with Gasteiger partial charge in [0.15, 0.2) is 6.29 Å². The lowest BCUT2D eigenvalue weighted by molar-refractivity contribution is -0.0426. The zero-order valence-electron chi connectivity index (χ0n) is 16.9. The third-order valence-electron chi connectivity index (χ3n) is 5.47. The van der Waals surface area contributed by atoms with Crippen molar-refractivity contribution in [2.24, 2.45) is 0 Å². The maximum absolute atomic E-state index is 11.2. The quantitative estimate of drug-likeness (QED) is 0.418. The molecule has 0 bridgehead atoms.